The average Bonchev–Trinajstić information content (AvgIpc) is 2.37. The first-order valence-electron chi connectivity index (χ1n) is 7.97. The van der Waals surface area contributed by atoms with E-state index < -0.39 is 0 Å². The van der Waals surface area contributed by atoms with Gasteiger partial charge in [-0.25, -0.2) is 0 Å². The van der Waals surface area contributed by atoms with Crippen molar-refractivity contribution in [3.05, 3.63) is 29.3 Å². The van der Waals surface area contributed by atoms with Crippen LogP contribution in [0, 0.1) is 6.92 Å². The van der Waals surface area contributed by atoms with Crippen LogP contribution in [0.5, 0.6) is 5.75 Å². The molecule has 0 heterocycles. The van der Waals surface area contributed by atoms with Crippen LogP contribution in [-0.4, -0.2) is 19.2 Å². The smallest absolute Gasteiger partial charge is 0.119 e. The second-order valence-electron chi connectivity index (χ2n) is 6.19. The third-order valence-corrected chi connectivity index (χ3v) is 3.51. The van der Waals surface area contributed by atoms with E-state index in [0.29, 0.717) is 12.0 Å². The Balaban J connectivity index is 2.21. The molecule has 1 N–H and O–H groups in total. The molecule has 0 saturated heterocycles. The van der Waals surface area contributed by atoms with E-state index in [1.165, 1.54) is 24.0 Å². The van der Waals surface area contributed by atoms with Gasteiger partial charge < -0.3 is 10.1 Å². The van der Waals surface area contributed by atoms with E-state index in [-0.39, 0.29) is 0 Å². The molecule has 0 bridgehead atoms. The number of unbranched alkanes of at least 4 members (excludes halogenated alkanes) is 2. The Morgan fingerprint density at radius 1 is 1.05 bits per heavy atom. The van der Waals surface area contributed by atoms with Crippen LogP contribution >= 0.6 is 0 Å². The number of hydrogen-bond acceptors (Lipinski definition) is 2. The summed E-state index contributed by atoms with van der Waals surface area (Å²) in [5.74, 6) is 1.59. The van der Waals surface area contributed by atoms with Crippen molar-refractivity contribution in [2.45, 2.75) is 65.8 Å². The summed E-state index contributed by atoms with van der Waals surface area (Å²) in [5.41, 5.74) is 2.75. The molecule has 0 unspecified atom stereocenters. The molecule has 0 atom stereocenters. The van der Waals surface area contributed by atoms with Crippen LogP contribution in [0.2, 0.25) is 0 Å². The highest BCUT2D eigenvalue weighted by atomic mass is 16.5. The standard InChI is InChI=1S/C18H31NO/c1-14(2)18-10-9-17(13-16(18)5)20-12-8-6-7-11-19-15(3)4/h9-10,13-15,19H,6-8,11-12H2,1-5H3. The lowest BCUT2D eigenvalue weighted by Gasteiger charge is -2.12. The summed E-state index contributed by atoms with van der Waals surface area (Å²) in [7, 11) is 0. The molecule has 20 heavy (non-hydrogen) atoms. The van der Waals surface area contributed by atoms with Crippen LogP contribution in [0.15, 0.2) is 18.2 Å². The normalized spacial score (nSPS) is 11.3. The van der Waals surface area contributed by atoms with E-state index in [0.717, 1.165) is 25.3 Å². The molecular weight excluding hydrogens is 246 g/mol. The van der Waals surface area contributed by atoms with Gasteiger partial charge in [0.1, 0.15) is 5.75 Å². The Morgan fingerprint density at radius 2 is 1.80 bits per heavy atom. The highest BCUT2D eigenvalue weighted by molar-refractivity contribution is 5.36. The summed E-state index contributed by atoms with van der Waals surface area (Å²) < 4.78 is 5.83. The number of rotatable bonds is 9. The third-order valence-electron chi connectivity index (χ3n) is 3.51. The minimum Gasteiger partial charge on any atom is -0.494 e. The second kappa shape index (κ2) is 9.02. The van der Waals surface area contributed by atoms with Crippen LogP contribution in [-0.2, 0) is 0 Å². The molecule has 2 heteroatoms. The molecule has 114 valence electrons. The number of aryl methyl sites for hydroxylation is 1. The quantitative estimate of drug-likeness (QED) is 0.663. The summed E-state index contributed by atoms with van der Waals surface area (Å²) in [6.07, 6.45) is 3.58. The molecule has 0 aliphatic rings. The molecule has 0 saturated carbocycles. The lowest BCUT2D eigenvalue weighted by atomic mass is 9.98. The molecule has 0 aromatic heterocycles. The van der Waals surface area contributed by atoms with Gasteiger partial charge in [-0.05, 0) is 61.9 Å². The Hall–Kier alpha value is -1.02. The highest BCUT2D eigenvalue weighted by Crippen LogP contribution is 2.23. The van der Waals surface area contributed by atoms with E-state index in [2.05, 4.69) is 58.1 Å². The molecule has 0 aliphatic heterocycles. The zero-order valence-electron chi connectivity index (χ0n) is 13.8. The van der Waals surface area contributed by atoms with Crippen molar-refractivity contribution >= 4 is 0 Å². The van der Waals surface area contributed by atoms with Gasteiger partial charge in [0.15, 0.2) is 0 Å². The van der Waals surface area contributed by atoms with Crippen LogP contribution in [0.25, 0.3) is 0 Å². The maximum Gasteiger partial charge on any atom is 0.119 e. The van der Waals surface area contributed by atoms with Crippen LogP contribution < -0.4 is 10.1 Å². The molecule has 0 fully saturated rings. The van der Waals surface area contributed by atoms with Crippen LogP contribution in [0.1, 0.15) is 64.0 Å². The van der Waals surface area contributed by atoms with Gasteiger partial charge in [-0.3, -0.25) is 0 Å². The lowest BCUT2D eigenvalue weighted by molar-refractivity contribution is 0.304. The summed E-state index contributed by atoms with van der Waals surface area (Å²) in [6.45, 7) is 12.9. The van der Waals surface area contributed by atoms with Gasteiger partial charge in [0.2, 0.25) is 0 Å². The Bertz CT molecular complexity index is 385. The predicted octanol–water partition coefficient (Wildman–Crippen LogP) is 4.67. The topological polar surface area (TPSA) is 21.3 Å². The zero-order chi connectivity index (χ0) is 15.0. The first-order chi connectivity index (χ1) is 9.50. The molecule has 0 amide bonds. The molecule has 1 aromatic carbocycles. The maximum atomic E-state index is 5.83. The van der Waals surface area contributed by atoms with Gasteiger partial charge in [0.25, 0.3) is 0 Å². The summed E-state index contributed by atoms with van der Waals surface area (Å²) in [4.78, 5) is 0. The van der Waals surface area contributed by atoms with Gasteiger partial charge in [-0.1, -0.05) is 33.8 Å². The molecule has 1 aromatic rings. The van der Waals surface area contributed by atoms with Gasteiger partial charge in [0.05, 0.1) is 6.61 Å². The molecule has 0 radical (unpaired) electrons. The van der Waals surface area contributed by atoms with E-state index in [1.807, 2.05) is 0 Å². The minimum absolute atomic E-state index is 0.581. The van der Waals surface area contributed by atoms with Crippen LogP contribution in [0.3, 0.4) is 0 Å². The summed E-state index contributed by atoms with van der Waals surface area (Å²) in [5, 5.41) is 3.44. The summed E-state index contributed by atoms with van der Waals surface area (Å²) >= 11 is 0. The Kier molecular flexibility index (Phi) is 7.68. The van der Waals surface area contributed by atoms with Gasteiger partial charge in [0, 0.05) is 6.04 Å². The van der Waals surface area contributed by atoms with Crippen molar-refractivity contribution in [2.75, 3.05) is 13.2 Å². The van der Waals surface area contributed by atoms with Crippen molar-refractivity contribution in [3.8, 4) is 5.75 Å². The van der Waals surface area contributed by atoms with E-state index in [4.69, 9.17) is 4.74 Å². The fourth-order valence-corrected chi connectivity index (χ4v) is 2.37. The molecule has 0 aliphatic carbocycles. The fraction of sp³-hybridized carbons (Fsp3) is 0.667. The van der Waals surface area contributed by atoms with E-state index in [9.17, 15) is 0 Å². The predicted molar refractivity (Wildman–Crippen MR) is 87.8 cm³/mol. The molecule has 0 spiro atoms. The van der Waals surface area contributed by atoms with Gasteiger partial charge in [-0.2, -0.15) is 0 Å². The van der Waals surface area contributed by atoms with Crippen LogP contribution in [0.4, 0.5) is 0 Å². The van der Waals surface area contributed by atoms with Crippen molar-refractivity contribution in [1.29, 1.82) is 0 Å². The summed E-state index contributed by atoms with van der Waals surface area (Å²) in [6, 6.07) is 7.05. The Labute approximate surface area is 124 Å². The van der Waals surface area contributed by atoms with Crippen molar-refractivity contribution < 1.29 is 4.74 Å². The van der Waals surface area contributed by atoms with Crippen molar-refractivity contribution in [2.24, 2.45) is 0 Å². The fourth-order valence-electron chi connectivity index (χ4n) is 2.37. The van der Waals surface area contributed by atoms with Gasteiger partial charge in [-0.15, -0.1) is 0 Å². The highest BCUT2D eigenvalue weighted by Gasteiger charge is 2.04. The number of nitrogens with one attached hydrogen (secondary N) is 1. The SMILES string of the molecule is Cc1cc(OCCCCCNC(C)C)ccc1C(C)C. The zero-order valence-corrected chi connectivity index (χ0v) is 13.8. The Morgan fingerprint density at radius 3 is 2.40 bits per heavy atom. The van der Waals surface area contributed by atoms with Crippen molar-refractivity contribution in [1.82, 2.24) is 5.32 Å². The van der Waals surface area contributed by atoms with Crippen molar-refractivity contribution in [3.63, 3.8) is 0 Å². The molecule has 1 rings (SSSR count). The number of ether oxygens (including phenoxy) is 1. The third kappa shape index (κ3) is 6.42. The lowest BCUT2D eigenvalue weighted by Crippen LogP contribution is -2.23. The molecule has 2 nitrogen and oxygen atoms in total. The first-order valence-corrected chi connectivity index (χ1v) is 7.97. The maximum absolute atomic E-state index is 5.83. The number of benzene rings is 1. The van der Waals surface area contributed by atoms with Gasteiger partial charge >= 0.3 is 0 Å². The van der Waals surface area contributed by atoms with E-state index in [1.54, 1.807) is 0 Å². The minimum atomic E-state index is 0.581. The molecular formula is C18H31NO. The first kappa shape index (κ1) is 17.0. The second-order valence-corrected chi connectivity index (χ2v) is 6.19. The average molecular weight is 277 g/mol. The van der Waals surface area contributed by atoms with E-state index >= 15 is 0 Å². The monoisotopic (exact) mass is 277 g/mol. The number of hydrogen-bond donors (Lipinski definition) is 1. The largest absolute Gasteiger partial charge is 0.494 e.